The molecule has 0 saturated carbocycles. The number of carbonyl (C=O) groups is 2. The third-order valence-electron chi connectivity index (χ3n) is 4.43. The number of benzene rings is 1. The third kappa shape index (κ3) is 7.63. The molecular formula is C23H24F2N6O5. The minimum absolute atomic E-state index is 0.0484. The predicted octanol–water partition coefficient (Wildman–Crippen LogP) is 3.33. The summed E-state index contributed by atoms with van der Waals surface area (Å²) >= 11 is 0. The first-order valence-electron chi connectivity index (χ1n) is 10.6. The summed E-state index contributed by atoms with van der Waals surface area (Å²) in [7, 11) is 3.17. The Hall–Kier alpha value is -4.26. The van der Waals surface area contributed by atoms with E-state index in [9.17, 15) is 18.4 Å². The number of amides is 2. The van der Waals surface area contributed by atoms with Crippen molar-refractivity contribution in [1.29, 1.82) is 0 Å². The number of alkyl halides is 2. The fourth-order valence-corrected chi connectivity index (χ4v) is 2.78. The fourth-order valence-electron chi connectivity index (χ4n) is 2.78. The van der Waals surface area contributed by atoms with Crippen molar-refractivity contribution in [2.75, 3.05) is 26.0 Å². The van der Waals surface area contributed by atoms with Crippen LogP contribution in [0, 0.1) is 6.92 Å². The van der Waals surface area contributed by atoms with Gasteiger partial charge in [-0.3, -0.25) is 14.6 Å². The van der Waals surface area contributed by atoms with E-state index in [0.29, 0.717) is 5.69 Å². The van der Waals surface area contributed by atoms with Crippen LogP contribution < -0.4 is 14.8 Å². The van der Waals surface area contributed by atoms with E-state index in [-0.39, 0.29) is 47.0 Å². The first kappa shape index (κ1) is 26.3. The van der Waals surface area contributed by atoms with Gasteiger partial charge in [0.15, 0.2) is 5.82 Å². The molecule has 0 spiro atoms. The van der Waals surface area contributed by atoms with Gasteiger partial charge in [-0.15, -0.1) is 0 Å². The number of aromatic nitrogens is 4. The van der Waals surface area contributed by atoms with Gasteiger partial charge in [-0.2, -0.15) is 8.78 Å². The van der Waals surface area contributed by atoms with Gasteiger partial charge in [0.25, 0.3) is 11.8 Å². The summed E-state index contributed by atoms with van der Waals surface area (Å²) in [5.41, 5.74) is 0.925. The van der Waals surface area contributed by atoms with Gasteiger partial charge in [0.2, 0.25) is 5.88 Å². The molecule has 0 fully saturated rings. The quantitative estimate of drug-likeness (QED) is 0.444. The molecule has 2 aromatic heterocycles. The zero-order valence-corrected chi connectivity index (χ0v) is 19.9. The Bertz CT molecular complexity index is 1190. The number of aryl methyl sites for hydroxylation is 1. The van der Waals surface area contributed by atoms with Crippen LogP contribution in [0.3, 0.4) is 0 Å². The molecule has 0 aliphatic carbocycles. The monoisotopic (exact) mass is 502 g/mol. The molecule has 1 atom stereocenters. The number of halogens is 2. The van der Waals surface area contributed by atoms with Crippen molar-refractivity contribution in [2.45, 2.75) is 26.6 Å². The van der Waals surface area contributed by atoms with Gasteiger partial charge in [-0.05, 0) is 26.0 Å². The van der Waals surface area contributed by atoms with Crippen LogP contribution in [0.15, 0.2) is 43.0 Å². The number of nitrogens with one attached hydrogen (secondary N) is 1. The number of hydrogen-bond donors (Lipinski definition) is 1. The lowest BCUT2D eigenvalue weighted by Gasteiger charge is -2.17. The molecule has 0 aliphatic heterocycles. The number of carbonyl (C=O) groups excluding carboxylic acids is 2. The SMILES string of the molecule is Cc1cnc(NC(=O)c2cc(Oc3cnc(C(=O)N(C)C)cn3)cc(OC(C)COC(F)F)c2)cn1. The van der Waals surface area contributed by atoms with Gasteiger partial charge in [-0.1, -0.05) is 0 Å². The fraction of sp³-hybridized carbons (Fsp3) is 0.304. The molecule has 0 bridgehead atoms. The Morgan fingerprint density at radius 3 is 2.36 bits per heavy atom. The summed E-state index contributed by atoms with van der Waals surface area (Å²) < 4.78 is 40.4. The number of hydrogen-bond acceptors (Lipinski definition) is 9. The smallest absolute Gasteiger partial charge is 0.345 e. The van der Waals surface area contributed by atoms with Gasteiger partial charge in [0.1, 0.15) is 23.3 Å². The van der Waals surface area contributed by atoms with Crippen molar-refractivity contribution in [3.05, 3.63) is 59.9 Å². The molecule has 3 aromatic rings. The highest BCUT2D eigenvalue weighted by molar-refractivity contribution is 6.04. The van der Waals surface area contributed by atoms with E-state index in [1.54, 1.807) is 21.0 Å². The highest BCUT2D eigenvalue weighted by atomic mass is 19.3. The van der Waals surface area contributed by atoms with Crippen molar-refractivity contribution in [2.24, 2.45) is 0 Å². The van der Waals surface area contributed by atoms with Gasteiger partial charge in [0, 0.05) is 25.7 Å². The Morgan fingerprint density at radius 2 is 1.75 bits per heavy atom. The van der Waals surface area contributed by atoms with Crippen molar-refractivity contribution in [1.82, 2.24) is 24.8 Å². The molecule has 36 heavy (non-hydrogen) atoms. The van der Waals surface area contributed by atoms with E-state index in [0.717, 1.165) is 0 Å². The van der Waals surface area contributed by atoms with E-state index in [1.807, 2.05) is 0 Å². The average Bonchev–Trinajstić information content (AvgIpc) is 2.84. The number of nitrogens with zero attached hydrogens (tertiary/aromatic N) is 5. The average molecular weight is 502 g/mol. The number of ether oxygens (including phenoxy) is 3. The predicted molar refractivity (Wildman–Crippen MR) is 123 cm³/mol. The summed E-state index contributed by atoms with van der Waals surface area (Å²) in [4.78, 5) is 42.5. The highest BCUT2D eigenvalue weighted by Crippen LogP contribution is 2.28. The number of rotatable bonds is 10. The highest BCUT2D eigenvalue weighted by Gasteiger charge is 2.16. The normalized spacial score (nSPS) is 11.6. The molecular weight excluding hydrogens is 478 g/mol. The maximum absolute atomic E-state index is 12.9. The van der Waals surface area contributed by atoms with E-state index in [1.165, 1.54) is 54.8 Å². The molecule has 1 N–H and O–H groups in total. The molecule has 13 heteroatoms. The van der Waals surface area contributed by atoms with Crippen LogP contribution in [0.4, 0.5) is 14.6 Å². The summed E-state index contributed by atoms with van der Waals surface area (Å²) in [5.74, 6) is -0.293. The lowest BCUT2D eigenvalue weighted by molar-refractivity contribution is -0.142. The summed E-state index contributed by atoms with van der Waals surface area (Å²) in [6.07, 6.45) is 4.65. The maximum atomic E-state index is 12.9. The molecule has 2 amide bonds. The maximum Gasteiger partial charge on any atom is 0.345 e. The van der Waals surface area contributed by atoms with Crippen LogP contribution in [0.1, 0.15) is 33.5 Å². The second-order valence-corrected chi connectivity index (χ2v) is 7.75. The first-order valence-corrected chi connectivity index (χ1v) is 10.6. The summed E-state index contributed by atoms with van der Waals surface area (Å²) in [6.45, 7) is -0.0310. The zero-order valence-electron chi connectivity index (χ0n) is 19.9. The third-order valence-corrected chi connectivity index (χ3v) is 4.43. The Kier molecular flexibility index (Phi) is 8.73. The molecule has 0 aliphatic rings. The molecule has 2 heterocycles. The van der Waals surface area contributed by atoms with Crippen LogP contribution in [-0.2, 0) is 4.74 Å². The molecule has 0 saturated heterocycles. The molecule has 1 aromatic carbocycles. The van der Waals surface area contributed by atoms with E-state index in [4.69, 9.17) is 9.47 Å². The van der Waals surface area contributed by atoms with Crippen LogP contribution >= 0.6 is 0 Å². The van der Waals surface area contributed by atoms with Gasteiger partial charge in [0.05, 0.1) is 37.1 Å². The van der Waals surface area contributed by atoms with E-state index < -0.39 is 18.6 Å². The van der Waals surface area contributed by atoms with Crippen molar-refractivity contribution in [3.63, 3.8) is 0 Å². The van der Waals surface area contributed by atoms with E-state index >= 15 is 0 Å². The molecule has 190 valence electrons. The zero-order chi connectivity index (χ0) is 26.2. The van der Waals surface area contributed by atoms with Crippen LogP contribution in [-0.4, -0.2) is 70.1 Å². The van der Waals surface area contributed by atoms with Gasteiger partial charge >= 0.3 is 6.61 Å². The molecule has 11 nitrogen and oxygen atoms in total. The Balaban J connectivity index is 1.84. The van der Waals surface area contributed by atoms with Crippen molar-refractivity contribution >= 4 is 17.6 Å². The molecule has 0 radical (unpaired) electrons. The Morgan fingerprint density at radius 1 is 1.00 bits per heavy atom. The topological polar surface area (TPSA) is 129 Å². The van der Waals surface area contributed by atoms with Gasteiger partial charge < -0.3 is 24.4 Å². The largest absolute Gasteiger partial charge is 0.488 e. The van der Waals surface area contributed by atoms with Gasteiger partial charge in [-0.25, -0.2) is 15.0 Å². The lowest BCUT2D eigenvalue weighted by Crippen LogP contribution is -2.22. The van der Waals surface area contributed by atoms with Crippen LogP contribution in [0.25, 0.3) is 0 Å². The minimum atomic E-state index is -2.94. The second kappa shape index (κ2) is 11.9. The standard InChI is InChI=1S/C23H24F2N6O5/c1-13-8-28-19(10-26-13)30-21(32)15-5-16(35-14(2)12-34-23(24)25)7-17(6-15)36-20-11-27-18(9-29-20)22(33)31(3)4/h5-11,14,23H,12H2,1-4H3,(H,28,30,32). The minimum Gasteiger partial charge on any atom is -0.488 e. The summed E-state index contributed by atoms with van der Waals surface area (Å²) in [5, 5.41) is 2.61. The van der Waals surface area contributed by atoms with Crippen LogP contribution in [0.2, 0.25) is 0 Å². The first-order chi connectivity index (χ1) is 17.1. The molecule has 3 rings (SSSR count). The Labute approximate surface area is 205 Å². The number of anilines is 1. The van der Waals surface area contributed by atoms with Crippen molar-refractivity contribution in [3.8, 4) is 17.4 Å². The lowest BCUT2D eigenvalue weighted by atomic mass is 10.2. The van der Waals surface area contributed by atoms with Crippen LogP contribution in [0.5, 0.6) is 17.4 Å². The summed E-state index contributed by atoms with van der Waals surface area (Å²) in [6, 6.07) is 4.28. The van der Waals surface area contributed by atoms with Crippen molar-refractivity contribution < 1.29 is 32.6 Å². The second-order valence-electron chi connectivity index (χ2n) is 7.75. The molecule has 1 unspecified atom stereocenters. The van der Waals surface area contributed by atoms with E-state index in [2.05, 4.69) is 30.0 Å².